The number of fused-ring (bicyclic) bond motifs is 1. The first-order chi connectivity index (χ1) is 15.6. The smallest absolute Gasteiger partial charge is 0.154 e. The molecule has 0 aliphatic rings. The van der Waals surface area contributed by atoms with Crippen LogP contribution >= 0.6 is 23.4 Å². The van der Waals surface area contributed by atoms with Gasteiger partial charge in [0.05, 0.1) is 7.11 Å². The van der Waals surface area contributed by atoms with Gasteiger partial charge in [-0.1, -0.05) is 58.4 Å². The molecule has 0 saturated heterocycles. The Kier molecular flexibility index (Phi) is 6.47. The van der Waals surface area contributed by atoms with Gasteiger partial charge in [-0.25, -0.2) is 5.10 Å². The van der Waals surface area contributed by atoms with E-state index in [1.165, 1.54) is 27.1 Å². The summed E-state index contributed by atoms with van der Waals surface area (Å²) >= 11 is 8.04. The zero-order chi connectivity index (χ0) is 23.8. The van der Waals surface area contributed by atoms with E-state index < -0.39 is 0 Å². The minimum atomic E-state index is -0.285. The maximum atomic E-state index is 6.15. The van der Waals surface area contributed by atoms with E-state index in [1.54, 1.807) is 7.11 Å². The number of nitrogens with zero attached hydrogens (tertiary/aromatic N) is 4. The quantitative estimate of drug-likeness (QED) is 0.313. The average Bonchev–Trinajstić information content (AvgIpc) is 3.38. The van der Waals surface area contributed by atoms with Gasteiger partial charge in [0.2, 0.25) is 0 Å². The summed E-state index contributed by atoms with van der Waals surface area (Å²) in [6.45, 7) is 11.8. The van der Waals surface area contributed by atoms with Crippen LogP contribution < -0.4 is 4.74 Å². The minimum Gasteiger partial charge on any atom is -0.497 e. The molecule has 0 amide bonds. The van der Waals surface area contributed by atoms with Gasteiger partial charge in [-0.15, -0.1) is 16.9 Å². The zero-order valence-corrected chi connectivity index (χ0v) is 21.5. The Hall–Kier alpha value is -2.51. The van der Waals surface area contributed by atoms with Gasteiger partial charge in [0.15, 0.2) is 5.82 Å². The fourth-order valence-corrected chi connectivity index (χ4v) is 5.29. The molecule has 0 radical (unpaired) electrons. The molecule has 0 aliphatic heterocycles. The zero-order valence-electron chi connectivity index (χ0n) is 19.9. The van der Waals surface area contributed by atoms with E-state index in [-0.39, 0.29) is 10.2 Å². The number of rotatable bonds is 7. The first-order valence-electron chi connectivity index (χ1n) is 10.9. The van der Waals surface area contributed by atoms with E-state index in [1.807, 2.05) is 30.0 Å². The monoisotopic (exact) mass is 483 g/mol. The average molecular weight is 484 g/mol. The number of hydrogen-bond acceptors (Lipinski definition) is 5. The summed E-state index contributed by atoms with van der Waals surface area (Å²) in [6.07, 6.45) is 0.771. The summed E-state index contributed by atoms with van der Waals surface area (Å²) in [5.74, 6) is 1.63. The van der Waals surface area contributed by atoms with Crippen LogP contribution in [0, 0.1) is 0 Å². The lowest BCUT2D eigenvalue weighted by atomic mass is 9.87. The van der Waals surface area contributed by atoms with Crippen LogP contribution in [0.5, 0.6) is 5.75 Å². The molecule has 0 atom stereocenters. The predicted octanol–water partition coefficient (Wildman–Crippen LogP) is 6.28. The summed E-state index contributed by atoms with van der Waals surface area (Å²) in [5, 5.41) is 16.8. The van der Waals surface area contributed by atoms with Crippen LogP contribution in [-0.4, -0.2) is 37.0 Å². The van der Waals surface area contributed by atoms with Crippen LogP contribution in [0.15, 0.2) is 47.4 Å². The van der Waals surface area contributed by atoms with E-state index in [4.69, 9.17) is 16.3 Å². The number of ether oxygens (including phenoxy) is 1. The highest BCUT2D eigenvalue weighted by molar-refractivity contribution is 8.00. The Bertz CT molecular complexity index is 1240. The number of methoxy groups -OCH3 is 1. The van der Waals surface area contributed by atoms with Gasteiger partial charge in [-0.2, -0.15) is 0 Å². The fraction of sp³-hybridized carbons (Fsp3) is 0.400. The molecular weight excluding hydrogens is 454 g/mol. The van der Waals surface area contributed by atoms with Gasteiger partial charge in [0, 0.05) is 49.6 Å². The summed E-state index contributed by atoms with van der Waals surface area (Å²) in [6, 6.07) is 14.4. The number of aromatic amines is 1. The second kappa shape index (κ2) is 9.03. The summed E-state index contributed by atoms with van der Waals surface area (Å²) in [5.41, 5.74) is 3.35. The lowest BCUT2D eigenvalue weighted by Gasteiger charge is -2.25. The molecular formula is C25H30ClN5OS. The summed E-state index contributed by atoms with van der Waals surface area (Å²) in [7, 11) is 1.71. The Morgan fingerprint density at radius 3 is 2.39 bits per heavy atom. The molecule has 0 bridgehead atoms. The number of tetrazole rings is 1. The van der Waals surface area contributed by atoms with Gasteiger partial charge in [0.1, 0.15) is 5.75 Å². The number of H-pyrrole nitrogens is 1. The van der Waals surface area contributed by atoms with Crippen LogP contribution in [-0.2, 0) is 18.4 Å². The van der Waals surface area contributed by atoms with Crippen molar-refractivity contribution >= 4 is 34.3 Å². The molecule has 1 N–H and O–H groups in total. The third-order valence-corrected chi connectivity index (χ3v) is 7.11. The molecule has 8 heteroatoms. The van der Waals surface area contributed by atoms with Crippen molar-refractivity contribution in [2.45, 2.75) is 62.6 Å². The molecule has 2 heterocycles. The van der Waals surface area contributed by atoms with Crippen molar-refractivity contribution in [3.8, 4) is 5.75 Å². The third-order valence-electron chi connectivity index (χ3n) is 5.59. The number of aromatic nitrogens is 5. The highest BCUT2D eigenvalue weighted by atomic mass is 35.5. The second-order valence-corrected chi connectivity index (χ2v) is 12.2. The number of thioether (sulfide) groups is 1. The van der Waals surface area contributed by atoms with Crippen molar-refractivity contribution < 1.29 is 4.74 Å². The Morgan fingerprint density at radius 2 is 1.79 bits per heavy atom. The SMILES string of the molecule is COc1ccc2c(c1)c(SC(C)(C)C)c(CC(C)(C)c1nnn[nH]1)n2Cc1ccc(Cl)cc1. The molecule has 0 unspecified atom stereocenters. The largest absolute Gasteiger partial charge is 0.497 e. The summed E-state index contributed by atoms with van der Waals surface area (Å²) in [4.78, 5) is 1.27. The first-order valence-corrected chi connectivity index (χ1v) is 12.1. The van der Waals surface area contributed by atoms with E-state index in [0.29, 0.717) is 0 Å². The van der Waals surface area contributed by atoms with Crippen molar-refractivity contribution in [1.29, 1.82) is 0 Å². The Morgan fingerprint density at radius 1 is 1.06 bits per heavy atom. The van der Waals surface area contributed by atoms with E-state index in [2.05, 4.69) is 84.1 Å². The molecule has 33 heavy (non-hydrogen) atoms. The van der Waals surface area contributed by atoms with Crippen LogP contribution in [0.2, 0.25) is 5.02 Å². The molecule has 0 fully saturated rings. The minimum absolute atomic E-state index is 0.0369. The Labute approximate surface area is 204 Å². The van der Waals surface area contributed by atoms with E-state index in [9.17, 15) is 0 Å². The molecule has 0 spiro atoms. The molecule has 2 aromatic carbocycles. The Balaban J connectivity index is 1.93. The summed E-state index contributed by atoms with van der Waals surface area (Å²) < 4.78 is 8.03. The number of nitrogens with one attached hydrogen (secondary N) is 1. The molecule has 2 aromatic heterocycles. The molecule has 0 aliphatic carbocycles. The molecule has 0 saturated carbocycles. The van der Waals surface area contributed by atoms with Crippen molar-refractivity contribution in [3.05, 3.63) is 64.6 Å². The lowest BCUT2D eigenvalue weighted by Crippen LogP contribution is -2.25. The van der Waals surface area contributed by atoms with Gasteiger partial charge < -0.3 is 9.30 Å². The van der Waals surface area contributed by atoms with Crippen LogP contribution in [0.1, 0.15) is 51.7 Å². The molecule has 6 nitrogen and oxygen atoms in total. The van der Waals surface area contributed by atoms with Crippen LogP contribution in [0.3, 0.4) is 0 Å². The van der Waals surface area contributed by atoms with Crippen LogP contribution in [0.25, 0.3) is 10.9 Å². The van der Waals surface area contributed by atoms with Gasteiger partial charge in [-0.05, 0) is 46.3 Å². The topological polar surface area (TPSA) is 68.6 Å². The predicted molar refractivity (Wildman–Crippen MR) is 136 cm³/mol. The van der Waals surface area contributed by atoms with E-state index >= 15 is 0 Å². The van der Waals surface area contributed by atoms with E-state index in [0.717, 1.165) is 29.6 Å². The molecule has 4 aromatic rings. The fourth-order valence-electron chi connectivity index (χ4n) is 3.98. The van der Waals surface area contributed by atoms with Crippen molar-refractivity contribution in [2.24, 2.45) is 0 Å². The maximum Gasteiger partial charge on any atom is 0.154 e. The molecule has 4 rings (SSSR count). The number of benzene rings is 2. The second-order valence-electron chi connectivity index (χ2n) is 9.90. The van der Waals surface area contributed by atoms with Crippen molar-refractivity contribution in [3.63, 3.8) is 0 Å². The van der Waals surface area contributed by atoms with Gasteiger partial charge in [-0.3, -0.25) is 0 Å². The maximum absolute atomic E-state index is 6.15. The first kappa shape index (κ1) is 23.6. The van der Waals surface area contributed by atoms with Crippen molar-refractivity contribution in [1.82, 2.24) is 25.2 Å². The van der Waals surface area contributed by atoms with Gasteiger partial charge >= 0.3 is 0 Å². The molecule has 174 valence electrons. The van der Waals surface area contributed by atoms with Crippen molar-refractivity contribution in [2.75, 3.05) is 7.11 Å². The number of halogens is 1. The normalized spacial score (nSPS) is 12.5. The van der Waals surface area contributed by atoms with Gasteiger partial charge in [0.25, 0.3) is 0 Å². The third kappa shape index (κ3) is 5.20. The highest BCUT2D eigenvalue weighted by Crippen LogP contribution is 2.44. The lowest BCUT2D eigenvalue weighted by molar-refractivity contribution is 0.415. The van der Waals surface area contributed by atoms with Crippen LogP contribution in [0.4, 0.5) is 0 Å². The standard InChI is InChI=1S/C25H30ClN5OS/c1-24(2,3)33-22-19-13-18(32-6)11-12-20(19)31(15-16-7-9-17(26)10-8-16)21(22)14-25(4,5)23-27-29-30-28-23/h7-13H,14-15H2,1-6H3,(H,27,28,29,30). The highest BCUT2D eigenvalue weighted by Gasteiger charge is 2.31. The number of hydrogen-bond donors (Lipinski definition) is 1.